The molecular formula is C36H39N3O4. The minimum atomic E-state index is -0.389. The van der Waals surface area contributed by atoms with Crippen molar-refractivity contribution < 1.29 is 19.1 Å². The standard InChI is InChI=1S/C36H39N3O4/c1-3-43-36(42)34-27(2)39(33(40)25-32(34)30-14-8-5-9-15-30)26-29-16-18-31(19-17-29)35(41)38-23-21-37(22-24-38)20-10-13-28-11-6-4-7-12-28/h4-19,32H,3,20-26H2,1-2H3/b13-10+. The molecule has 2 aliphatic rings. The van der Waals surface area contributed by atoms with Crippen LogP contribution < -0.4 is 0 Å². The number of benzene rings is 3. The van der Waals surface area contributed by atoms with Crippen LogP contribution in [0.2, 0.25) is 0 Å². The summed E-state index contributed by atoms with van der Waals surface area (Å²) in [6.45, 7) is 8.07. The number of allylic oxidation sites excluding steroid dienone is 1. The quantitative estimate of drug-likeness (QED) is 0.314. The Morgan fingerprint density at radius 1 is 0.884 bits per heavy atom. The fraction of sp³-hybridized carbons (Fsp3) is 0.306. The number of piperazine rings is 1. The SMILES string of the molecule is CCOC(=O)C1=C(C)N(Cc2ccc(C(=O)N3CCN(C/C=C/c4ccccc4)CC3)cc2)C(=O)CC1c1ccccc1. The van der Waals surface area contributed by atoms with Crippen molar-refractivity contribution in [2.75, 3.05) is 39.3 Å². The summed E-state index contributed by atoms with van der Waals surface area (Å²) in [5.74, 6) is -0.758. The number of hydrogen-bond donors (Lipinski definition) is 0. The molecule has 2 amide bonds. The first kappa shape index (κ1) is 30.0. The number of nitrogens with zero attached hydrogens (tertiary/aromatic N) is 3. The number of esters is 1. The van der Waals surface area contributed by atoms with Crippen LogP contribution in [0, 0.1) is 0 Å². The van der Waals surface area contributed by atoms with Gasteiger partial charge in [-0.05, 0) is 42.7 Å². The Morgan fingerprint density at radius 2 is 1.53 bits per heavy atom. The maximum Gasteiger partial charge on any atom is 0.336 e. The Hall–Kier alpha value is -4.49. The van der Waals surface area contributed by atoms with Gasteiger partial charge in [0.05, 0.1) is 18.7 Å². The van der Waals surface area contributed by atoms with Gasteiger partial charge in [-0.15, -0.1) is 0 Å². The fourth-order valence-corrected chi connectivity index (χ4v) is 5.80. The van der Waals surface area contributed by atoms with E-state index in [-0.39, 0.29) is 36.7 Å². The van der Waals surface area contributed by atoms with Crippen molar-refractivity contribution in [3.63, 3.8) is 0 Å². The van der Waals surface area contributed by atoms with Gasteiger partial charge in [0.2, 0.25) is 5.91 Å². The van der Waals surface area contributed by atoms with Gasteiger partial charge in [0.25, 0.3) is 5.91 Å². The lowest BCUT2D eigenvalue weighted by atomic mass is 9.83. The van der Waals surface area contributed by atoms with E-state index in [1.54, 1.807) is 11.8 Å². The molecule has 5 rings (SSSR count). The van der Waals surface area contributed by atoms with E-state index in [1.165, 1.54) is 5.56 Å². The van der Waals surface area contributed by atoms with E-state index in [4.69, 9.17) is 4.74 Å². The molecule has 1 fully saturated rings. The predicted octanol–water partition coefficient (Wildman–Crippen LogP) is 5.51. The van der Waals surface area contributed by atoms with Crippen LogP contribution in [0.1, 0.15) is 53.2 Å². The second-order valence-electron chi connectivity index (χ2n) is 11.0. The van der Waals surface area contributed by atoms with Gasteiger partial charge < -0.3 is 14.5 Å². The first-order valence-corrected chi connectivity index (χ1v) is 15.0. The molecule has 7 nitrogen and oxygen atoms in total. The number of amides is 2. The van der Waals surface area contributed by atoms with E-state index in [2.05, 4.69) is 29.2 Å². The van der Waals surface area contributed by atoms with E-state index in [0.717, 1.165) is 30.8 Å². The highest BCUT2D eigenvalue weighted by molar-refractivity contribution is 5.96. The van der Waals surface area contributed by atoms with Crippen LogP contribution in [-0.2, 0) is 20.9 Å². The average molecular weight is 578 g/mol. The number of rotatable bonds is 9. The summed E-state index contributed by atoms with van der Waals surface area (Å²) in [4.78, 5) is 45.5. The lowest BCUT2D eigenvalue weighted by Crippen LogP contribution is -2.48. The molecule has 0 bridgehead atoms. The largest absolute Gasteiger partial charge is 0.463 e. The molecular weight excluding hydrogens is 538 g/mol. The van der Waals surface area contributed by atoms with Crippen LogP contribution in [0.15, 0.2) is 102 Å². The molecule has 0 spiro atoms. The number of ether oxygens (including phenoxy) is 1. The van der Waals surface area contributed by atoms with Crippen molar-refractivity contribution in [2.45, 2.75) is 32.7 Å². The van der Waals surface area contributed by atoms with Crippen molar-refractivity contribution >= 4 is 23.9 Å². The number of carbonyl (C=O) groups excluding carboxylic acids is 3. The van der Waals surface area contributed by atoms with E-state index >= 15 is 0 Å². The maximum absolute atomic E-state index is 13.3. The molecule has 3 aromatic carbocycles. The van der Waals surface area contributed by atoms with E-state index < -0.39 is 0 Å². The van der Waals surface area contributed by atoms with Crippen LogP contribution in [0.3, 0.4) is 0 Å². The van der Waals surface area contributed by atoms with Crippen LogP contribution in [0.25, 0.3) is 6.08 Å². The van der Waals surface area contributed by atoms with Crippen molar-refractivity contribution in [2.24, 2.45) is 0 Å². The third-order valence-corrected chi connectivity index (χ3v) is 8.19. The smallest absolute Gasteiger partial charge is 0.336 e. The summed E-state index contributed by atoms with van der Waals surface area (Å²) in [6, 6.07) is 27.3. The van der Waals surface area contributed by atoms with Crippen molar-refractivity contribution in [1.29, 1.82) is 0 Å². The van der Waals surface area contributed by atoms with Gasteiger partial charge in [0, 0.05) is 56.3 Å². The lowest BCUT2D eigenvalue weighted by Gasteiger charge is -2.35. The molecule has 7 heteroatoms. The van der Waals surface area contributed by atoms with Crippen molar-refractivity contribution in [1.82, 2.24) is 14.7 Å². The van der Waals surface area contributed by atoms with Gasteiger partial charge in [-0.2, -0.15) is 0 Å². The monoisotopic (exact) mass is 577 g/mol. The topological polar surface area (TPSA) is 70.2 Å². The molecule has 0 aliphatic carbocycles. The third kappa shape index (κ3) is 7.30. The Balaban J connectivity index is 1.21. The molecule has 1 atom stereocenters. The molecule has 0 saturated carbocycles. The molecule has 222 valence electrons. The van der Waals surface area contributed by atoms with Gasteiger partial charge in [0.1, 0.15) is 0 Å². The lowest BCUT2D eigenvalue weighted by molar-refractivity contribution is -0.140. The second-order valence-corrected chi connectivity index (χ2v) is 11.0. The van der Waals surface area contributed by atoms with E-state index in [0.29, 0.717) is 36.5 Å². The highest BCUT2D eigenvalue weighted by Crippen LogP contribution is 2.37. The minimum absolute atomic E-state index is 0.0199. The summed E-state index contributed by atoms with van der Waals surface area (Å²) in [5, 5.41) is 0. The fourth-order valence-electron chi connectivity index (χ4n) is 5.80. The molecule has 43 heavy (non-hydrogen) atoms. The molecule has 0 radical (unpaired) electrons. The third-order valence-electron chi connectivity index (χ3n) is 8.19. The van der Waals surface area contributed by atoms with Crippen LogP contribution in [0.5, 0.6) is 0 Å². The van der Waals surface area contributed by atoms with Crippen LogP contribution >= 0.6 is 0 Å². The highest BCUT2D eigenvalue weighted by Gasteiger charge is 2.36. The predicted molar refractivity (Wildman–Crippen MR) is 168 cm³/mol. The maximum atomic E-state index is 13.3. The zero-order chi connectivity index (χ0) is 30.2. The first-order chi connectivity index (χ1) is 20.9. The summed E-state index contributed by atoms with van der Waals surface area (Å²) in [5.41, 5.74) is 4.77. The zero-order valence-electron chi connectivity index (χ0n) is 24.9. The van der Waals surface area contributed by atoms with Crippen LogP contribution in [-0.4, -0.2) is 71.8 Å². The second kappa shape index (κ2) is 14.1. The summed E-state index contributed by atoms with van der Waals surface area (Å²) in [7, 11) is 0. The van der Waals surface area contributed by atoms with Crippen LogP contribution in [0.4, 0.5) is 0 Å². The van der Waals surface area contributed by atoms with Gasteiger partial charge in [-0.25, -0.2) is 4.79 Å². The number of carbonyl (C=O) groups is 3. The normalized spacial score (nSPS) is 17.9. The van der Waals surface area contributed by atoms with E-state index in [9.17, 15) is 14.4 Å². The Kier molecular flexibility index (Phi) is 9.84. The Labute approximate surface area is 254 Å². The van der Waals surface area contributed by atoms with Gasteiger partial charge >= 0.3 is 5.97 Å². The average Bonchev–Trinajstić information content (AvgIpc) is 3.04. The molecule has 1 saturated heterocycles. The zero-order valence-corrected chi connectivity index (χ0v) is 24.9. The van der Waals surface area contributed by atoms with E-state index in [1.807, 2.05) is 84.6 Å². The van der Waals surface area contributed by atoms with Gasteiger partial charge in [-0.3, -0.25) is 14.5 Å². The molecule has 1 unspecified atom stereocenters. The highest BCUT2D eigenvalue weighted by atomic mass is 16.5. The molecule has 2 aliphatic heterocycles. The Morgan fingerprint density at radius 3 is 2.19 bits per heavy atom. The molecule has 0 aromatic heterocycles. The van der Waals surface area contributed by atoms with Gasteiger partial charge in [0.15, 0.2) is 0 Å². The first-order valence-electron chi connectivity index (χ1n) is 15.0. The summed E-state index contributed by atoms with van der Waals surface area (Å²) < 4.78 is 5.40. The minimum Gasteiger partial charge on any atom is -0.463 e. The van der Waals surface area contributed by atoms with Crippen molar-refractivity contribution in [3.05, 3.63) is 125 Å². The summed E-state index contributed by atoms with van der Waals surface area (Å²) in [6.07, 6.45) is 4.50. The molecule has 0 N–H and O–H groups in total. The molecule has 3 aromatic rings. The van der Waals surface area contributed by atoms with Gasteiger partial charge in [-0.1, -0.05) is 84.9 Å². The van der Waals surface area contributed by atoms with Crippen molar-refractivity contribution in [3.8, 4) is 0 Å². The number of hydrogen-bond acceptors (Lipinski definition) is 5. The summed E-state index contributed by atoms with van der Waals surface area (Å²) >= 11 is 0. The molecule has 2 heterocycles. The Bertz CT molecular complexity index is 1470.